The van der Waals surface area contributed by atoms with Gasteiger partial charge in [-0.15, -0.1) is 0 Å². The van der Waals surface area contributed by atoms with Gasteiger partial charge in [-0.2, -0.15) is 0 Å². The molecule has 0 aromatic heterocycles. The molecule has 3 rings (SSSR count). The molecule has 2 amide bonds. The molecule has 0 saturated carbocycles. The van der Waals surface area contributed by atoms with Gasteiger partial charge in [0.1, 0.15) is 5.02 Å². The lowest BCUT2D eigenvalue weighted by molar-refractivity contribution is -0.384. The van der Waals surface area contributed by atoms with Gasteiger partial charge in [-0.05, 0) is 55.0 Å². The van der Waals surface area contributed by atoms with Gasteiger partial charge in [0.25, 0.3) is 17.5 Å². The number of amides is 2. The zero-order valence-corrected chi connectivity index (χ0v) is 16.1. The predicted octanol–water partition coefficient (Wildman–Crippen LogP) is 5.06. The fourth-order valence-corrected chi connectivity index (χ4v) is 2.85. The molecular weight excluding hydrogens is 394 g/mol. The average molecular weight is 410 g/mol. The van der Waals surface area contributed by atoms with Crippen molar-refractivity contribution < 1.29 is 14.5 Å². The molecule has 2 N–H and O–H groups in total. The number of rotatable bonds is 5. The number of benzene rings is 3. The Morgan fingerprint density at radius 2 is 1.59 bits per heavy atom. The van der Waals surface area contributed by atoms with Crippen LogP contribution in [0, 0.1) is 17.0 Å². The standard InChI is InChI=1S/C21H16ClN3O4/c1-13-11-16(8-10-18(13)24-20(26)14-5-3-2-4-6-14)23-21(27)15-7-9-17(22)19(12-15)25(28)29/h2-12H,1H3,(H,23,27)(H,24,26). The molecule has 0 atom stereocenters. The van der Waals surface area contributed by atoms with Crippen molar-refractivity contribution >= 4 is 40.5 Å². The summed E-state index contributed by atoms with van der Waals surface area (Å²) in [6.45, 7) is 1.80. The maximum atomic E-state index is 12.4. The molecule has 29 heavy (non-hydrogen) atoms. The monoisotopic (exact) mass is 409 g/mol. The van der Waals surface area contributed by atoms with E-state index in [1.807, 2.05) is 6.07 Å². The number of hydrogen-bond acceptors (Lipinski definition) is 4. The number of aryl methyl sites for hydroxylation is 1. The van der Waals surface area contributed by atoms with Gasteiger partial charge in [-0.1, -0.05) is 29.8 Å². The first kappa shape index (κ1) is 20.0. The van der Waals surface area contributed by atoms with Crippen LogP contribution in [0.4, 0.5) is 17.1 Å². The number of halogens is 1. The minimum absolute atomic E-state index is 0.0408. The molecule has 8 heteroatoms. The van der Waals surface area contributed by atoms with Crippen LogP contribution in [0.15, 0.2) is 66.7 Å². The number of nitrogens with one attached hydrogen (secondary N) is 2. The van der Waals surface area contributed by atoms with Crippen molar-refractivity contribution in [1.82, 2.24) is 0 Å². The van der Waals surface area contributed by atoms with Gasteiger partial charge in [0.2, 0.25) is 0 Å². The van der Waals surface area contributed by atoms with Gasteiger partial charge in [0.05, 0.1) is 4.92 Å². The Hall–Kier alpha value is -3.71. The van der Waals surface area contributed by atoms with Crippen molar-refractivity contribution in [2.24, 2.45) is 0 Å². The SMILES string of the molecule is Cc1cc(NC(=O)c2ccc(Cl)c([N+](=O)[O-])c2)ccc1NC(=O)c1ccccc1. The van der Waals surface area contributed by atoms with E-state index >= 15 is 0 Å². The molecule has 3 aromatic rings. The highest BCUT2D eigenvalue weighted by Gasteiger charge is 2.16. The first-order valence-corrected chi connectivity index (χ1v) is 8.95. The Labute approximate surface area is 171 Å². The molecule has 0 bridgehead atoms. The Morgan fingerprint density at radius 3 is 2.24 bits per heavy atom. The predicted molar refractivity (Wildman–Crippen MR) is 112 cm³/mol. The zero-order chi connectivity index (χ0) is 21.0. The van der Waals surface area contributed by atoms with Crippen LogP contribution in [0.2, 0.25) is 5.02 Å². The van der Waals surface area contributed by atoms with Gasteiger partial charge in [-0.25, -0.2) is 0 Å². The number of nitro benzene ring substituents is 1. The second-order valence-electron chi connectivity index (χ2n) is 6.23. The summed E-state index contributed by atoms with van der Waals surface area (Å²) in [4.78, 5) is 35.0. The molecule has 0 aliphatic heterocycles. The highest BCUT2D eigenvalue weighted by Crippen LogP contribution is 2.26. The van der Waals surface area contributed by atoms with E-state index in [1.165, 1.54) is 12.1 Å². The van der Waals surface area contributed by atoms with E-state index in [0.717, 1.165) is 11.6 Å². The van der Waals surface area contributed by atoms with E-state index in [0.29, 0.717) is 16.9 Å². The lowest BCUT2D eigenvalue weighted by Gasteiger charge is -2.11. The molecule has 0 unspecified atom stereocenters. The minimum Gasteiger partial charge on any atom is -0.322 e. The lowest BCUT2D eigenvalue weighted by atomic mass is 10.1. The summed E-state index contributed by atoms with van der Waals surface area (Å²) >= 11 is 5.77. The van der Waals surface area contributed by atoms with E-state index in [9.17, 15) is 19.7 Å². The normalized spacial score (nSPS) is 10.3. The number of nitrogens with zero attached hydrogens (tertiary/aromatic N) is 1. The second kappa shape index (κ2) is 8.53. The molecular formula is C21H16ClN3O4. The summed E-state index contributed by atoms with van der Waals surface area (Å²) in [6, 6.07) is 17.7. The lowest BCUT2D eigenvalue weighted by Crippen LogP contribution is -2.14. The van der Waals surface area contributed by atoms with E-state index in [4.69, 9.17) is 11.6 Å². The fraction of sp³-hybridized carbons (Fsp3) is 0.0476. The molecule has 0 saturated heterocycles. The second-order valence-corrected chi connectivity index (χ2v) is 6.63. The third-order valence-corrected chi connectivity index (χ3v) is 4.49. The number of anilines is 2. The van der Waals surface area contributed by atoms with Crippen LogP contribution in [-0.4, -0.2) is 16.7 Å². The first-order chi connectivity index (χ1) is 13.8. The molecule has 0 heterocycles. The van der Waals surface area contributed by atoms with Gasteiger partial charge in [0.15, 0.2) is 0 Å². The quantitative estimate of drug-likeness (QED) is 0.454. The highest BCUT2D eigenvalue weighted by atomic mass is 35.5. The molecule has 0 aliphatic rings. The summed E-state index contributed by atoms with van der Waals surface area (Å²) in [7, 11) is 0. The maximum absolute atomic E-state index is 12.4. The summed E-state index contributed by atoms with van der Waals surface area (Å²) in [5, 5.41) is 16.4. The third-order valence-electron chi connectivity index (χ3n) is 4.17. The molecule has 146 valence electrons. The number of nitro groups is 1. The van der Waals surface area contributed by atoms with Crippen molar-refractivity contribution in [2.45, 2.75) is 6.92 Å². The number of carbonyl (C=O) groups excluding carboxylic acids is 2. The number of carbonyl (C=O) groups is 2. The van der Waals surface area contributed by atoms with Crippen LogP contribution < -0.4 is 10.6 Å². The Bertz CT molecular complexity index is 1100. The number of hydrogen-bond donors (Lipinski definition) is 2. The van der Waals surface area contributed by atoms with Crippen molar-refractivity contribution in [3.8, 4) is 0 Å². The van der Waals surface area contributed by atoms with Gasteiger partial charge < -0.3 is 10.6 Å². The van der Waals surface area contributed by atoms with Crippen LogP contribution in [0.1, 0.15) is 26.3 Å². The average Bonchev–Trinajstić information content (AvgIpc) is 2.70. The summed E-state index contributed by atoms with van der Waals surface area (Å²) in [6.07, 6.45) is 0. The third kappa shape index (κ3) is 4.77. The largest absolute Gasteiger partial charge is 0.322 e. The van der Waals surface area contributed by atoms with E-state index in [-0.39, 0.29) is 22.2 Å². The Kier molecular flexibility index (Phi) is 5.90. The van der Waals surface area contributed by atoms with Crippen LogP contribution >= 0.6 is 11.6 Å². The van der Waals surface area contributed by atoms with Crippen LogP contribution in [0.25, 0.3) is 0 Å². The van der Waals surface area contributed by atoms with Gasteiger partial charge in [-0.3, -0.25) is 19.7 Å². The molecule has 3 aromatic carbocycles. The van der Waals surface area contributed by atoms with Crippen molar-refractivity contribution in [1.29, 1.82) is 0 Å². The minimum atomic E-state index is -0.645. The Balaban J connectivity index is 1.73. The van der Waals surface area contributed by atoms with Crippen LogP contribution in [0.3, 0.4) is 0 Å². The van der Waals surface area contributed by atoms with Crippen molar-refractivity contribution in [3.05, 3.63) is 98.6 Å². The highest BCUT2D eigenvalue weighted by molar-refractivity contribution is 6.32. The molecule has 0 radical (unpaired) electrons. The fourth-order valence-electron chi connectivity index (χ4n) is 2.66. The smallest absolute Gasteiger partial charge is 0.288 e. The van der Waals surface area contributed by atoms with Crippen molar-refractivity contribution in [3.63, 3.8) is 0 Å². The zero-order valence-electron chi connectivity index (χ0n) is 15.3. The van der Waals surface area contributed by atoms with Gasteiger partial charge in [0, 0.05) is 28.6 Å². The van der Waals surface area contributed by atoms with Crippen LogP contribution in [-0.2, 0) is 0 Å². The molecule has 0 spiro atoms. The Morgan fingerprint density at radius 1 is 0.897 bits per heavy atom. The molecule has 0 aliphatic carbocycles. The summed E-state index contributed by atoms with van der Waals surface area (Å²) < 4.78 is 0. The van der Waals surface area contributed by atoms with E-state index in [1.54, 1.807) is 49.4 Å². The molecule has 0 fully saturated rings. The van der Waals surface area contributed by atoms with Gasteiger partial charge >= 0.3 is 0 Å². The van der Waals surface area contributed by atoms with Crippen LogP contribution in [0.5, 0.6) is 0 Å². The summed E-state index contributed by atoms with van der Waals surface area (Å²) in [5.74, 6) is -0.746. The van der Waals surface area contributed by atoms with E-state index < -0.39 is 10.8 Å². The maximum Gasteiger partial charge on any atom is 0.288 e. The first-order valence-electron chi connectivity index (χ1n) is 8.57. The van der Waals surface area contributed by atoms with Crippen molar-refractivity contribution in [2.75, 3.05) is 10.6 Å². The van der Waals surface area contributed by atoms with E-state index in [2.05, 4.69) is 10.6 Å². The summed E-state index contributed by atoms with van der Waals surface area (Å²) in [5.41, 5.74) is 2.15. The topological polar surface area (TPSA) is 101 Å². The molecule has 7 nitrogen and oxygen atoms in total.